The molecule has 0 saturated carbocycles. The third-order valence-electron chi connectivity index (χ3n) is 4.92. The molecule has 0 bridgehead atoms. The first kappa shape index (κ1) is 24.2. The van der Waals surface area contributed by atoms with Gasteiger partial charge in [0, 0.05) is 30.0 Å². The summed E-state index contributed by atoms with van der Waals surface area (Å²) in [5.74, 6) is -0.915. The summed E-state index contributed by atoms with van der Waals surface area (Å²) in [7, 11) is -2.73. The van der Waals surface area contributed by atoms with Crippen LogP contribution < -0.4 is 9.45 Å². The topological polar surface area (TPSA) is 116 Å². The van der Waals surface area contributed by atoms with E-state index in [9.17, 15) is 23.2 Å². The Labute approximate surface area is 196 Å². The number of hydrogen-bond acceptors (Lipinski definition) is 6. The minimum absolute atomic E-state index is 0.00428. The number of nitrogens with one attached hydrogen (secondary N) is 1. The molecule has 2 aromatic carbocycles. The number of hydrogen-bond donors (Lipinski definition) is 1. The molecule has 0 radical (unpaired) electrons. The Bertz CT molecular complexity index is 1310. The number of halogens is 1. The number of rotatable bonds is 8. The zero-order chi connectivity index (χ0) is 24.2. The quantitative estimate of drug-likeness (QED) is 0.225. The fourth-order valence-corrected chi connectivity index (χ4v) is 4.28. The number of nitrogens with zero attached hydrogens (tertiary/aromatic N) is 1. The molecule has 0 atom stereocenters. The average molecular weight is 489 g/mol. The predicted molar refractivity (Wildman–Crippen MR) is 123 cm³/mol. The van der Waals surface area contributed by atoms with Crippen LogP contribution in [0.4, 0.5) is 5.69 Å². The lowest BCUT2D eigenvalue weighted by Crippen LogP contribution is -2.30. The number of ketones is 1. The molecule has 0 aliphatic rings. The summed E-state index contributed by atoms with van der Waals surface area (Å²) in [6.07, 6.45) is 1.72. The molecule has 0 fully saturated rings. The van der Waals surface area contributed by atoms with Gasteiger partial charge in [0.2, 0.25) is 5.78 Å². The second-order valence-electron chi connectivity index (χ2n) is 7.23. The fraction of sp³-hybridized carbons (Fsp3) is 0.174. The number of methoxy groups -OCH3 is 1. The summed E-state index contributed by atoms with van der Waals surface area (Å²) in [6, 6.07) is 13.2. The minimum Gasteiger partial charge on any atom is -0.618 e. The number of carbonyl (C=O) groups is 2. The van der Waals surface area contributed by atoms with Crippen molar-refractivity contribution < 1.29 is 27.5 Å². The molecule has 1 heterocycles. The van der Waals surface area contributed by atoms with Gasteiger partial charge in [-0.3, -0.25) is 14.3 Å². The van der Waals surface area contributed by atoms with Gasteiger partial charge in [-0.15, -0.1) is 0 Å². The molecule has 0 aliphatic carbocycles. The lowest BCUT2D eigenvalue weighted by atomic mass is 10.0. The molecule has 8 nitrogen and oxygen atoms in total. The van der Waals surface area contributed by atoms with Crippen LogP contribution in [-0.4, -0.2) is 27.3 Å². The first-order chi connectivity index (χ1) is 15.6. The normalized spacial score (nSPS) is 11.1. The van der Waals surface area contributed by atoms with Gasteiger partial charge >= 0.3 is 5.97 Å². The number of esters is 1. The van der Waals surface area contributed by atoms with Crippen molar-refractivity contribution in [2.24, 2.45) is 0 Å². The first-order valence-electron chi connectivity index (χ1n) is 9.83. The Morgan fingerprint density at radius 3 is 2.42 bits per heavy atom. The van der Waals surface area contributed by atoms with Gasteiger partial charge in [0.25, 0.3) is 10.0 Å². The summed E-state index contributed by atoms with van der Waals surface area (Å²) < 4.78 is 33.5. The molecule has 3 aromatic rings. The van der Waals surface area contributed by atoms with Crippen LogP contribution in [0.3, 0.4) is 0 Å². The number of aryl methyl sites for hydroxylation is 2. The lowest BCUT2D eigenvalue weighted by molar-refractivity contribution is -0.612. The standard InChI is InChI=1S/C23H21ClN2O6S/c1-15-3-7-17(14-26(15)29)23(28)20-13-18(24)8-11-21(20)25-33(30,31)19-9-4-16(5-10-19)6-12-22(27)32-2/h3-5,7-11,13-14,25H,6,12H2,1-2H3. The van der Waals surface area contributed by atoms with Gasteiger partial charge in [-0.1, -0.05) is 23.7 Å². The van der Waals surface area contributed by atoms with Gasteiger partial charge in [-0.05, 0) is 48.4 Å². The van der Waals surface area contributed by atoms with Crippen LogP contribution in [0.2, 0.25) is 5.02 Å². The summed E-state index contributed by atoms with van der Waals surface area (Å²) in [5, 5.41) is 12.1. The van der Waals surface area contributed by atoms with E-state index in [4.69, 9.17) is 11.6 Å². The van der Waals surface area contributed by atoms with Crippen molar-refractivity contribution in [1.82, 2.24) is 0 Å². The van der Waals surface area contributed by atoms with Crippen LogP contribution in [0.1, 0.15) is 33.6 Å². The maximum Gasteiger partial charge on any atom is 0.305 e. The number of benzene rings is 2. The maximum absolute atomic E-state index is 13.0. The third-order valence-corrected chi connectivity index (χ3v) is 6.54. The molecule has 0 aliphatic heterocycles. The van der Waals surface area contributed by atoms with Crippen LogP contribution in [0.25, 0.3) is 0 Å². The second-order valence-corrected chi connectivity index (χ2v) is 9.35. The Kier molecular flexibility index (Phi) is 7.35. The zero-order valence-corrected chi connectivity index (χ0v) is 19.4. The Hall–Kier alpha value is -3.43. The van der Waals surface area contributed by atoms with Crippen molar-refractivity contribution in [2.45, 2.75) is 24.7 Å². The van der Waals surface area contributed by atoms with Gasteiger partial charge in [0.05, 0.1) is 23.3 Å². The molecule has 33 heavy (non-hydrogen) atoms. The van der Waals surface area contributed by atoms with E-state index in [2.05, 4.69) is 9.46 Å². The highest BCUT2D eigenvalue weighted by molar-refractivity contribution is 7.92. The summed E-state index contributed by atoms with van der Waals surface area (Å²) >= 11 is 6.04. The number of aromatic nitrogens is 1. The molecule has 0 amide bonds. The Morgan fingerprint density at radius 1 is 1.09 bits per heavy atom. The van der Waals surface area contributed by atoms with E-state index in [1.165, 1.54) is 49.6 Å². The lowest BCUT2D eigenvalue weighted by Gasteiger charge is -2.13. The van der Waals surface area contributed by atoms with E-state index in [0.717, 1.165) is 11.8 Å². The van der Waals surface area contributed by atoms with Crippen LogP contribution in [0.15, 0.2) is 65.7 Å². The van der Waals surface area contributed by atoms with Crippen molar-refractivity contribution >= 4 is 39.1 Å². The number of pyridine rings is 1. The SMILES string of the molecule is COC(=O)CCc1ccc(S(=O)(=O)Nc2ccc(Cl)cc2C(=O)c2ccc(C)[n+]([O-])c2)cc1. The van der Waals surface area contributed by atoms with E-state index in [1.54, 1.807) is 19.1 Å². The van der Waals surface area contributed by atoms with Crippen LogP contribution in [0.5, 0.6) is 0 Å². The predicted octanol–water partition coefficient (Wildman–Crippen LogP) is 3.42. The van der Waals surface area contributed by atoms with Gasteiger partial charge < -0.3 is 9.94 Å². The zero-order valence-electron chi connectivity index (χ0n) is 17.9. The molecule has 3 rings (SSSR count). The molecule has 10 heteroatoms. The highest BCUT2D eigenvalue weighted by Gasteiger charge is 2.22. The summed E-state index contributed by atoms with van der Waals surface area (Å²) in [5.41, 5.74) is 1.30. The van der Waals surface area contributed by atoms with Gasteiger partial charge in [-0.2, -0.15) is 4.73 Å². The molecule has 1 N–H and O–H groups in total. The largest absolute Gasteiger partial charge is 0.618 e. The van der Waals surface area contributed by atoms with Gasteiger partial charge in [-0.25, -0.2) is 8.42 Å². The monoisotopic (exact) mass is 488 g/mol. The molecule has 1 aromatic heterocycles. The fourth-order valence-electron chi connectivity index (χ4n) is 3.03. The van der Waals surface area contributed by atoms with Crippen molar-refractivity contribution in [3.63, 3.8) is 0 Å². The van der Waals surface area contributed by atoms with Gasteiger partial charge in [0.1, 0.15) is 0 Å². The van der Waals surface area contributed by atoms with E-state index in [1.807, 2.05) is 0 Å². The Morgan fingerprint density at radius 2 is 1.79 bits per heavy atom. The van der Waals surface area contributed by atoms with E-state index < -0.39 is 15.8 Å². The van der Waals surface area contributed by atoms with Crippen molar-refractivity contribution in [2.75, 3.05) is 11.8 Å². The molecule has 172 valence electrons. The van der Waals surface area contributed by atoms with Gasteiger partial charge in [0.15, 0.2) is 11.9 Å². The van der Waals surface area contributed by atoms with Crippen LogP contribution in [-0.2, 0) is 26.0 Å². The molecular weight excluding hydrogens is 468 g/mol. The molecule has 0 saturated heterocycles. The van der Waals surface area contributed by atoms with Crippen molar-refractivity contribution in [3.8, 4) is 0 Å². The number of sulfonamides is 1. The summed E-state index contributed by atoms with van der Waals surface area (Å²) in [6.45, 7) is 1.60. The molecule has 0 unspecified atom stereocenters. The third kappa shape index (κ3) is 5.88. The van der Waals surface area contributed by atoms with Crippen molar-refractivity contribution in [1.29, 1.82) is 0 Å². The average Bonchev–Trinajstić information content (AvgIpc) is 2.80. The minimum atomic E-state index is -4.04. The first-order valence-corrected chi connectivity index (χ1v) is 11.7. The second kappa shape index (κ2) is 10.0. The highest BCUT2D eigenvalue weighted by Crippen LogP contribution is 2.26. The molecule has 0 spiro atoms. The Balaban J connectivity index is 1.87. The maximum atomic E-state index is 13.0. The molecular formula is C23H21ClN2O6S. The number of anilines is 1. The van der Waals surface area contributed by atoms with Crippen LogP contribution >= 0.6 is 11.6 Å². The highest BCUT2D eigenvalue weighted by atomic mass is 35.5. The summed E-state index contributed by atoms with van der Waals surface area (Å²) in [4.78, 5) is 24.3. The van der Waals surface area contributed by atoms with Crippen LogP contribution in [0, 0.1) is 12.1 Å². The smallest absolute Gasteiger partial charge is 0.305 e. The van der Waals surface area contributed by atoms with E-state index in [-0.39, 0.29) is 39.1 Å². The van der Waals surface area contributed by atoms with E-state index in [0.29, 0.717) is 16.8 Å². The number of ether oxygens (including phenoxy) is 1. The van der Waals surface area contributed by atoms with E-state index >= 15 is 0 Å². The van der Waals surface area contributed by atoms with Crippen molar-refractivity contribution in [3.05, 3.63) is 93.4 Å². The number of carbonyl (C=O) groups excluding carboxylic acids is 2.